The van der Waals surface area contributed by atoms with Crippen LogP contribution in [0.25, 0.3) is 0 Å². The quantitative estimate of drug-likeness (QED) is 0.475. The van der Waals surface area contributed by atoms with Gasteiger partial charge in [-0.05, 0) is 32.7 Å². The Bertz CT molecular complexity index is 95.1. The van der Waals surface area contributed by atoms with Crippen LogP contribution in [0.4, 0.5) is 0 Å². The minimum Gasteiger partial charge on any atom is -0.300 e. The molecule has 52 valence electrons. The molecule has 2 fully saturated rings. The average Bonchev–Trinajstić information content (AvgIpc) is 2.19. The van der Waals surface area contributed by atoms with Gasteiger partial charge >= 0.3 is 0 Å². The van der Waals surface area contributed by atoms with Gasteiger partial charge in [0.15, 0.2) is 0 Å². The maximum absolute atomic E-state index is 2.59. The number of piperidine rings is 1. The Labute approximate surface area is 57.0 Å². The molecule has 0 aliphatic carbocycles. The van der Waals surface area contributed by atoms with Crippen LogP contribution in [0.5, 0.6) is 0 Å². The van der Waals surface area contributed by atoms with Crippen LogP contribution in [0.3, 0.4) is 0 Å². The molecule has 0 aromatic carbocycles. The van der Waals surface area contributed by atoms with Crippen LogP contribution in [-0.2, 0) is 0 Å². The third-order valence-corrected chi connectivity index (χ3v) is 3.06. The Morgan fingerprint density at radius 3 is 2.00 bits per heavy atom. The summed E-state index contributed by atoms with van der Waals surface area (Å²) in [6, 6.07) is 1.92. The fraction of sp³-hybridized carbons (Fsp3) is 1.00. The Hall–Kier alpha value is -0.0400. The van der Waals surface area contributed by atoms with Gasteiger partial charge in [0, 0.05) is 12.1 Å². The van der Waals surface area contributed by atoms with E-state index in [1.165, 1.54) is 32.1 Å². The number of rotatable bonds is 0. The summed E-state index contributed by atoms with van der Waals surface area (Å²) in [6.07, 6.45) is 7.36. The van der Waals surface area contributed by atoms with E-state index in [9.17, 15) is 0 Å². The predicted octanol–water partition coefficient (Wildman–Crippen LogP) is 1.63. The SMILES string of the molecule is CN1C2CCC[C@@H]1CC2. The van der Waals surface area contributed by atoms with Crippen LogP contribution in [0.1, 0.15) is 32.1 Å². The molecule has 2 aliphatic rings. The molecule has 0 N–H and O–H groups in total. The minimum absolute atomic E-state index is 0.962. The largest absolute Gasteiger partial charge is 0.300 e. The zero-order valence-corrected chi connectivity index (χ0v) is 6.14. The lowest BCUT2D eigenvalue weighted by Crippen LogP contribution is -2.35. The number of fused-ring (bicyclic) bond motifs is 2. The predicted molar refractivity (Wildman–Crippen MR) is 38.4 cm³/mol. The molecule has 1 unspecified atom stereocenters. The molecule has 9 heavy (non-hydrogen) atoms. The van der Waals surface area contributed by atoms with Crippen molar-refractivity contribution in [2.45, 2.75) is 44.2 Å². The fourth-order valence-electron chi connectivity index (χ4n) is 2.38. The van der Waals surface area contributed by atoms with Crippen molar-refractivity contribution >= 4 is 0 Å². The molecule has 0 saturated carbocycles. The first kappa shape index (κ1) is 5.72. The first-order chi connectivity index (χ1) is 4.38. The molecule has 1 nitrogen and oxygen atoms in total. The average molecular weight is 125 g/mol. The van der Waals surface area contributed by atoms with Crippen molar-refractivity contribution in [3.05, 3.63) is 0 Å². The van der Waals surface area contributed by atoms with E-state index in [0.29, 0.717) is 0 Å². The molecule has 2 saturated heterocycles. The molecule has 0 spiro atoms. The van der Waals surface area contributed by atoms with Gasteiger partial charge in [0.05, 0.1) is 0 Å². The van der Waals surface area contributed by atoms with Crippen molar-refractivity contribution in [1.82, 2.24) is 4.90 Å². The molecule has 1 heteroatoms. The first-order valence-electron chi connectivity index (χ1n) is 4.10. The van der Waals surface area contributed by atoms with E-state index in [0.717, 1.165) is 12.1 Å². The molecule has 2 aliphatic heterocycles. The smallest absolute Gasteiger partial charge is 0.00957 e. The van der Waals surface area contributed by atoms with E-state index in [1.807, 2.05) is 0 Å². The van der Waals surface area contributed by atoms with Crippen LogP contribution in [0, 0.1) is 0 Å². The lowest BCUT2D eigenvalue weighted by Gasteiger charge is -2.30. The highest BCUT2D eigenvalue weighted by Gasteiger charge is 2.33. The Kier molecular flexibility index (Phi) is 1.26. The van der Waals surface area contributed by atoms with E-state index < -0.39 is 0 Å². The van der Waals surface area contributed by atoms with Crippen LogP contribution < -0.4 is 0 Å². The standard InChI is InChI=1S/C8H15N/c1-9-7-3-2-4-8(9)6-5-7/h7-8H,2-6H2,1H3/t7-,8?/m1/s1. The van der Waals surface area contributed by atoms with Crippen molar-refractivity contribution < 1.29 is 0 Å². The van der Waals surface area contributed by atoms with Crippen molar-refractivity contribution in [3.63, 3.8) is 0 Å². The van der Waals surface area contributed by atoms with Crippen molar-refractivity contribution in [2.24, 2.45) is 0 Å². The van der Waals surface area contributed by atoms with E-state index in [4.69, 9.17) is 0 Å². The Morgan fingerprint density at radius 2 is 1.56 bits per heavy atom. The molecular formula is C8H15N. The summed E-state index contributed by atoms with van der Waals surface area (Å²) in [6.45, 7) is 0. The molecule has 2 heterocycles. The maximum atomic E-state index is 2.59. The molecule has 0 amide bonds. The molecule has 0 aromatic rings. The van der Waals surface area contributed by atoms with Crippen molar-refractivity contribution in [1.29, 1.82) is 0 Å². The normalized spacial score (nSPS) is 43.7. The van der Waals surface area contributed by atoms with E-state index >= 15 is 0 Å². The van der Waals surface area contributed by atoms with Gasteiger partial charge in [-0.2, -0.15) is 0 Å². The second kappa shape index (κ2) is 1.98. The Morgan fingerprint density at radius 1 is 1.00 bits per heavy atom. The summed E-state index contributed by atoms with van der Waals surface area (Å²) in [4.78, 5) is 2.59. The summed E-state index contributed by atoms with van der Waals surface area (Å²) in [5.41, 5.74) is 0. The van der Waals surface area contributed by atoms with Gasteiger partial charge in [-0.25, -0.2) is 0 Å². The lowest BCUT2D eigenvalue weighted by molar-refractivity contribution is 0.179. The third-order valence-electron chi connectivity index (χ3n) is 3.06. The summed E-state index contributed by atoms with van der Waals surface area (Å²) in [5.74, 6) is 0. The molecular weight excluding hydrogens is 110 g/mol. The number of nitrogens with zero attached hydrogens (tertiary/aromatic N) is 1. The molecule has 0 radical (unpaired) electrons. The second-order valence-electron chi connectivity index (χ2n) is 3.48. The molecule has 0 aromatic heterocycles. The summed E-state index contributed by atoms with van der Waals surface area (Å²) in [7, 11) is 2.29. The van der Waals surface area contributed by atoms with Crippen LogP contribution >= 0.6 is 0 Å². The summed E-state index contributed by atoms with van der Waals surface area (Å²) >= 11 is 0. The van der Waals surface area contributed by atoms with Crippen LogP contribution in [0.2, 0.25) is 0 Å². The van der Waals surface area contributed by atoms with Gasteiger partial charge in [0.25, 0.3) is 0 Å². The zero-order valence-electron chi connectivity index (χ0n) is 6.14. The van der Waals surface area contributed by atoms with Crippen LogP contribution in [0.15, 0.2) is 0 Å². The van der Waals surface area contributed by atoms with Gasteiger partial charge in [0.2, 0.25) is 0 Å². The first-order valence-corrected chi connectivity index (χ1v) is 4.10. The minimum atomic E-state index is 0.962. The lowest BCUT2D eigenvalue weighted by atomic mass is 10.0. The highest BCUT2D eigenvalue weighted by Crippen LogP contribution is 2.33. The second-order valence-corrected chi connectivity index (χ2v) is 3.48. The van der Waals surface area contributed by atoms with Crippen LogP contribution in [-0.4, -0.2) is 24.0 Å². The molecule has 2 bridgehead atoms. The van der Waals surface area contributed by atoms with Gasteiger partial charge in [-0.1, -0.05) is 6.42 Å². The van der Waals surface area contributed by atoms with E-state index in [1.54, 1.807) is 0 Å². The van der Waals surface area contributed by atoms with E-state index in [2.05, 4.69) is 11.9 Å². The number of hydrogen-bond acceptors (Lipinski definition) is 1. The highest BCUT2D eigenvalue weighted by atomic mass is 15.2. The van der Waals surface area contributed by atoms with Gasteiger partial charge in [-0.15, -0.1) is 0 Å². The summed E-state index contributed by atoms with van der Waals surface area (Å²) < 4.78 is 0. The molecule has 2 atom stereocenters. The van der Waals surface area contributed by atoms with E-state index in [-0.39, 0.29) is 0 Å². The van der Waals surface area contributed by atoms with Crippen molar-refractivity contribution in [3.8, 4) is 0 Å². The maximum Gasteiger partial charge on any atom is 0.00957 e. The monoisotopic (exact) mass is 125 g/mol. The highest BCUT2D eigenvalue weighted by molar-refractivity contribution is 4.89. The van der Waals surface area contributed by atoms with Crippen molar-refractivity contribution in [2.75, 3.05) is 7.05 Å². The van der Waals surface area contributed by atoms with Gasteiger partial charge in [-0.3, -0.25) is 0 Å². The zero-order chi connectivity index (χ0) is 6.27. The molecule has 2 rings (SSSR count). The fourth-order valence-corrected chi connectivity index (χ4v) is 2.38. The number of hydrogen-bond donors (Lipinski definition) is 0. The summed E-state index contributed by atoms with van der Waals surface area (Å²) in [5, 5.41) is 0. The van der Waals surface area contributed by atoms with Gasteiger partial charge < -0.3 is 4.90 Å². The topological polar surface area (TPSA) is 3.24 Å². The third kappa shape index (κ3) is 0.787. The van der Waals surface area contributed by atoms with Gasteiger partial charge in [0.1, 0.15) is 0 Å². The Balaban J connectivity index is 2.10.